The molecular weight excluding hydrogens is 298 g/mol. The lowest BCUT2D eigenvalue weighted by molar-refractivity contribution is -0.148. The average Bonchev–Trinajstić information content (AvgIpc) is 2.55. The summed E-state index contributed by atoms with van der Waals surface area (Å²) >= 11 is 0. The molecule has 0 aliphatic carbocycles. The first-order chi connectivity index (χ1) is 11.0. The molecule has 2 amide bonds. The zero-order valence-corrected chi connectivity index (χ0v) is 13.8. The minimum atomic E-state index is -1.60. The van der Waals surface area contributed by atoms with Gasteiger partial charge in [-0.2, -0.15) is 0 Å². The van der Waals surface area contributed by atoms with Crippen LogP contribution in [-0.4, -0.2) is 49.2 Å². The molecule has 0 fully saturated rings. The van der Waals surface area contributed by atoms with Crippen molar-refractivity contribution in [1.82, 2.24) is 10.3 Å². The van der Waals surface area contributed by atoms with E-state index < -0.39 is 17.4 Å². The van der Waals surface area contributed by atoms with Crippen molar-refractivity contribution >= 4 is 17.6 Å². The average molecular weight is 321 g/mol. The van der Waals surface area contributed by atoms with E-state index in [4.69, 9.17) is 9.47 Å². The van der Waals surface area contributed by atoms with Crippen molar-refractivity contribution in [3.63, 3.8) is 0 Å². The monoisotopic (exact) mass is 321 g/mol. The molecule has 1 atom stereocenters. The maximum absolute atomic E-state index is 12.9. The topological polar surface area (TPSA) is 80.8 Å². The fourth-order valence-corrected chi connectivity index (χ4v) is 2.38. The van der Waals surface area contributed by atoms with Crippen LogP contribution < -0.4 is 15.0 Å². The number of carbonyl (C=O) groups excluding carboxylic acids is 2. The summed E-state index contributed by atoms with van der Waals surface area (Å²) in [6, 6.07) is 3.43. The summed E-state index contributed by atoms with van der Waals surface area (Å²) in [5.74, 6) is 0.0309. The summed E-state index contributed by atoms with van der Waals surface area (Å²) in [7, 11) is 1.55. The normalized spacial score (nSPS) is 20.0. The number of unbranched alkanes of at least 4 members (excludes halogenated alkanes) is 1. The fraction of sp³-hybridized carbons (Fsp3) is 0.562. The van der Waals surface area contributed by atoms with Gasteiger partial charge in [0.05, 0.1) is 6.61 Å². The summed E-state index contributed by atoms with van der Waals surface area (Å²) in [4.78, 5) is 31.1. The quantitative estimate of drug-likeness (QED) is 0.601. The number of nitrogens with zero attached hydrogens (tertiary/aromatic N) is 2. The minimum Gasteiger partial charge on any atom is -0.464 e. The zero-order valence-electron chi connectivity index (χ0n) is 13.8. The lowest BCUT2D eigenvalue weighted by atomic mass is 10.0. The summed E-state index contributed by atoms with van der Waals surface area (Å²) in [5.41, 5.74) is -1.60. The summed E-state index contributed by atoms with van der Waals surface area (Å²) < 4.78 is 10.6. The van der Waals surface area contributed by atoms with E-state index in [1.54, 1.807) is 25.4 Å². The fourth-order valence-electron chi connectivity index (χ4n) is 2.38. The minimum absolute atomic E-state index is 0.316. The van der Waals surface area contributed by atoms with Gasteiger partial charge < -0.3 is 14.8 Å². The molecule has 1 aromatic rings. The van der Waals surface area contributed by atoms with Gasteiger partial charge in [0.15, 0.2) is 11.6 Å². The van der Waals surface area contributed by atoms with Crippen molar-refractivity contribution in [3.8, 4) is 5.75 Å². The van der Waals surface area contributed by atoms with Gasteiger partial charge in [0, 0.05) is 26.4 Å². The second kappa shape index (κ2) is 7.41. The highest BCUT2D eigenvalue weighted by Crippen LogP contribution is 2.36. The van der Waals surface area contributed by atoms with E-state index in [1.165, 1.54) is 11.8 Å². The highest BCUT2D eigenvalue weighted by Gasteiger charge is 2.50. The van der Waals surface area contributed by atoms with Crippen LogP contribution in [0.15, 0.2) is 18.3 Å². The summed E-state index contributed by atoms with van der Waals surface area (Å²) in [6.07, 6.45) is 3.36. The van der Waals surface area contributed by atoms with Gasteiger partial charge in [0.25, 0.3) is 17.4 Å². The maximum atomic E-state index is 12.9. The number of pyridine rings is 1. The van der Waals surface area contributed by atoms with Crippen LogP contribution in [0.3, 0.4) is 0 Å². The molecule has 23 heavy (non-hydrogen) atoms. The van der Waals surface area contributed by atoms with Crippen molar-refractivity contribution in [2.75, 3.05) is 31.7 Å². The van der Waals surface area contributed by atoms with Gasteiger partial charge >= 0.3 is 0 Å². The molecule has 0 bridgehead atoms. The Balaban J connectivity index is 2.28. The molecule has 0 spiro atoms. The second-order valence-corrected chi connectivity index (χ2v) is 5.52. The molecule has 2 rings (SSSR count). The third-order valence-corrected chi connectivity index (χ3v) is 3.73. The standard InChI is InChI=1S/C16H23N3O4/c1-4-5-10-19-13-12(7-6-8-17-13)23-16(2,15(19)21)14(20)18-9-11-22-3/h6-8H,4-5,9-11H2,1-3H3,(H,18,20). The number of amides is 2. The largest absolute Gasteiger partial charge is 0.464 e. The number of methoxy groups -OCH3 is 1. The van der Waals surface area contributed by atoms with Gasteiger partial charge in [-0.25, -0.2) is 4.98 Å². The van der Waals surface area contributed by atoms with Crippen molar-refractivity contribution < 1.29 is 19.1 Å². The van der Waals surface area contributed by atoms with Gasteiger partial charge in [0.2, 0.25) is 0 Å². The lowest BCUT2D eigenvalue weighted by Gasteiger charge is -2.38. The molecule has 1 aliphatic heterocycles. The zero-order chi connectivity index (χ0) is 16.9. The van der Waals surface area contributed by atoms with E-state index in [0.29, 0.717) is 31.3 Å². The Kier molecular flexibility index (Phi) is 5.54. The first kappa shape index (κ1) is 17.2. The van der Waals surface area contributed by atoms with Crippen molar-refractivity contribution in [1.29, 1.82) is 0 Å². The first-order valence-corrected chi connectivity index (χ1v) is 7.77. The number of hydrogen-bond donors (Lipinski definition) is 1. The molecular formula is C16H23N3O4. The van der Waals surface area contributed by atoms with Gasteiger partial charge in [-0.05, 0) is 25.5 Å². The van der Waals surface area contributed by atoms with E-state index in [1.807, 2.05) is 6.92 Å². The van der Waals surface area contributed by atoms with Gasteiger partial charge in [-0.3, -0.25) is 14.5 Å². The summed E-state index contributed by atoms with van der Waals surface area (Å²) in [5, 5.41) is 2.67. The molecule has 1 N–H and O–H groups in total. The molecule has 0 saturated carbocycles. The molecule has 1 aromatic heterocycles. The number of ether oxygens (including phenoxy) is 2. The van der Waals surface area contributed by atoms with Gasteiger partial charge in [-0.15, -0.1) is 0 Å². The molecule has 0 saturated heterocycles. The van der Waals surface area contributed by atoms with Crippen molar-refractivity contribution in [3.05, 3.63) is 18.3 Å². The van der Waals surface area contributed by atoms with Crippen LogP contribution in [0.4, 0.5) is 5.82 Å². The van der Waals surface area contributed by atoms with Crippen LogP contribution in [0.1, 0.15) is 26.7 Å². The highest BCUT2D eigenvalue weighted by atomic mass is 16.5. The van der Waals surface area contributed by atoms with Crippen LogP contribution in [0.25, 0.3) is 0 Å². The number of rotatable bonds is 7. The Labute approximate surface area is 136 Å². The molecule has 126 valence electrons. The first-order valence-electron chi connectivity index (χ1n) is 7.77. The third-order valence-electron chi connectivity index (χ3n) is 3.73. The Bertz CT molecular complexity index is 578. The van der Waals surface area contributed by atoms with E-state index in [2.05, 4.69) is 10.3 Å². The summed E-state index contributed by atoms with van der Waals surface area (Å²) in [6.45, 7) is 4.72. The highest BCUT2D eigenvalue weighted by molar-refractivity contribution is 6.16. The van der Waals surface area contributed by atoms with E-state index in [9.17, 15) is 9.59 Å². The molecule has 2 heterocycles. The Morgan fingerprint density at radius 1 is 1.52 bits per heavy atom. The number of nitrogens with one attached hydrogen (secondary N) is 1. The number of carbonyl (C=O) groups is 2. The Morgan fingerprint density at radius 3 is 3.00 bits per heavy atom. The van der Waals surface area contributed by atoms with E-state index in [0.717, 1.165) is 12.8 Å². The third kappa shape index (κ3) is 3.44. The molecule has 7 heteroatoms. The predicted octanol–water partition coefficient (Wildman–Crippen LogP) is 1.13. The van der Waals surface area contributed by atoms with Crippen LogP contribution >= 0.6 is 0 Å². The maximum Gasteiger partial charge on any atom is 0.282 e. The molecule has 0 radical (unpaired) electrons. The predicted molar refractivity (Wildman–Crippen MR) is 85.4 cm³/mol. The second-order valence-electron chi connectivity index (χ2n) is 5.52. The number of aromatic nitrogens is 1. The lowest BCUT2D eigenvalue weighted by Crippen LogP contribution is -2.62. The van der Waals surface area contributed by atoms with Crippen molar-refractivity contribution in [2.24, 2.45) is 0 Å². The Morgan fingerprint density at radius 2 is 2.30 bits per heavy atom. The Hall–Kier alpha value is -2.15. The smallest absolute Gasteiger partial charge is 0.282 e. The van der Waals surface area contributed by atoms with Crippen LogP contribution in [0, 0.1) is 0 Å². The van der Waals surface area contributed by atoms with E-state index >= 15 is 0 Å². The van der Waals surface area contributed by atoms with E-state index in [-0.39, 0.29) is 0 Å². The number of anilines is 1. The van der Waals surface area contributed by atoms with Crippen molar-refractivity contribution in [2.45, 2.75) is 32.3 Å². The SMILES string of the molecule is CCCCN1C(=O)C(C)(C(=O)NCCOC)Oc2cccnc21. The van der Waals surface area contributed by atoms with Crippen LogP contribution in [-0.2, 0) is 14.3 Å². The number of hydrogen-bond acceptors (Lipinski definition) is 5. The van der Waals surface area contributed by atoms with Gasteiger partial charge in [-0.1, -0.05) is 13.3 Å². The molecule has 1 unspecified atom stereocenters. The molecule has 0 aromatic carbocycles. The van der Waals surface area contributed by atoms with Crippen LogP contribution in [0.5, 0.6) is 5.75 Å². The molecule has 7 nitrogen and oxygen atoms in total. The van der Waals surface area contributed by atoms with Gasteiger partial charge in [0.1, 0.15) is 0 Å². The molecule has 1 aliphatic rings. The number of fused-ring (bicyclic) bond motifs is 1. The van der Waals surface area contributed by atoms with Crippen LogP contribution in [0.2, 0.25) is 0 Å².